The number of hydrogen-bond acceptors (Lipinski definition) is 2. The Kier molecular flexibility index (Phi) is 6.05. The van der Waals surface area contributed by atoms with E-state index >= 15 is 0 Å². The van der Waals surface area contributed by atoms with Crippen molar-refractivity contribution in [3.8, 4) is 5.75 Å². The molecule has 0 saturated heterocycles. The molecule has 0 fully saturated rings. The van der Waals surface area contributed by atoms with Crippen LogP contribution in [0.15, 0.2) is 24.3 Å². The number of carbonyl (C=O) groups excluding carboxylic acids is 1. The summed E-state index contributed by atoms with van der Waals surface area (Å²) in [6.07, 6.45) is 2.12. The summed E-state index contributed by atoms with van der Waals surface area (Å²) in [7, 11) is 0. The van der Waals surface area contributed by atoms with Crippen LogP contribution in [0.25, 0.3) is 0 Å². The maximum Gasteiger partial charge on any atom is 0.225 e. The molecule has 0 radical (unpaired) electrons. The van der Waals surface area contributed by atoms with E-state index in [4.69, 9.17) is 4.74 Å². The lowest BCUT2D eigenvalue weighted by atomic mass is 9.95. The number of aryl methyl sites for hydroxylation is 1. The fraction of sp³-hybridized carbons (Fsp3) is 0.588. The number of hydrogen-bond donors (Lipinski definition) is 1. The van der Waals surface area contributed by atoms with Crippen LogP contribution in [0.4, 0.5) is 0 Å². The van der Waals surface area contributed by atoms with Crippen molar-refractivity contribution in [2.75, 3.05) is 6.54 Å². The maximum absolute atomic E-state index is 11.7. The van der Waals surface area contributed by atoms with Crippen LogP contribution in [0.2, 0.25) is 0 Å². The fourth-order valence-electron chi connectivity index (χ4n) is 1.77. The Hall–Kier alpha value is -1.51. The second kappa shape index (κ2) is 7.32. The summed E-state index contributed by atoms with van der Waals surface area (Å²) in [5, 5.41) is 2.97. The molecule has 1 amide bonds. The maximum atomic E-state index is 11.7. The van der Waals surface area contributed by atoms with Gasteiger partial charge >= 0.3 is 0 Å². The first-order chi connectivity index (χ1) is 9.29. The van der Waals surface area contributed by atoms with Crippen LogP contribution in [0, 0.1) is 5.41 Å². The predicted octanol–water partition coefficient (Wildman–Crippen LogP) is 3.57. The third kappa shape index (κ3) is 6.09. The molecule has 0 heterocycles. The summed E-state index contributed by atoms with van der Waals surface area (Å²) in [6.45, 7) is 10.5. The van der Waals surface area contributed by atoms with Gasteiger partial charge in [-0.2, -0.15) is 0 Å². The summed E-state index contributed by atoms with van der Waals surface area (Å²) in [6, 6.07) is 8.18. The number of ether oxygens (including phenoxy) is 1. The summed E-state index contributed by atoms with van der Waals surface area (Å²) < 4.78 is 5.61. The third-order valence-corrected chi connectivity index (χ3v) is 2.90. The number of carbonyl (C=O) groups is 1. The van der Waals surface area contributed by atoms with Gasteiger partial charge in [0, 0.05) is 12.0 Å². The largest absolute Gasteiger partial charge is 0.491 e. The molecule has 0 bridgehead atoms. The fourth-order valence-corrected chi connectivity index (χ4v) is 1.77. The van der Waals surface area contributed by atoms with Crippen molar-refractivity contribution in [2.24, 2.45) is 5.41 Å². The molecule has 1 aromatic rings. The van der Waals surface area contributed by atoms with Gasteiger partial charge in [-0.25, -0.2) is 0 Å². The average Bonchev–Trinajstić information content (AvgIpc) is 2.34. The highest BCUT2D eigenvalue weighted by molar-refractivity contribution is 5.81. The molecule has 0 atom stereocenters. The normalized spacial score (nSPS) is 11.5. The van der Waals surface area contributed by atoms with Gasteiger partial charge in [-0.15, -0.1) is 0 Å². The standard InChI is InChI=1S/C17H27NO2/c1-13(2)20-15-10-8-14(9-11-15)7-6-12-18-16(19)17(3,4)5/h8-11,13H,6-7,12H2,1-5H3,(H,18,19). The number of nitrogens with one attached hydrogen (secondary N) is 1. The molecule has 0 aliphatic rings. The molecule has 1 rings (SSSR count). The van der Waals surface area contributed by atoms with Gasteiger partial charge in [0.25, 0.3) is 0 Å². The average molecular weight is 277 g/mol. The van der Waals surface area contributed by atoms with Crippen molar-refractivity contribution in [3.63, 3.8) is 0 Å². The third-order valence-electron chi connectivity index (χ3n) is 2.90. The SMILES string of the molecule is CC(C)Oc1ccc(CCCNC(=O)C(C)(C)C)cc1. The lowest BCUT2D eigenvalue weighted by molar-refractivity contribution is -0.128. The summed E-state index contributed by atoms with van der Waals surface area (Å²) in [4.78, 5) is 11.7. The van der Waals surface area contributed by atoms with Crippen LogP contribution in [-0.2, 0) is 11.2 Å². The zero-order chi connectivity index (χ0) is 15.2. The van der Waals surface area contributed by atoms with E-state index in [0.29, 0.717) is 0 Å². The Morgan fingerprint density at radius 2 is 1.80 bits per heavy atom. The first-order valence-electron chi connectivity index (χ1n) is 7.33. The van der Waals surface area contributed by atoms with Crippen LogP contribution in [0.1, 0.15) is 46.6 Å². The number of amides is 1. The van der Waals surface area contributed by atoms with E-state index in [1.165, 1.54) is 5.56 Å². The Morgan fingerprint density at radius 1 is 1.20 bits per heavy atom. The number of rotatable bonds is 6. The van der Waals surface area contributed by atoms with Crippen LogP contribution < -0.4 is 10.1 Å². The minimum absolute atomic E-state index is 0.109. The van der Waals surface area contributed by atoms with Gasteiger partial charge < -0.3 is 10.1 Å². The van der Waals surface area contributed by atoms with Gasteiger partial charge in [0.2, 0.25) is 5.91 Å². The van der Waals surface area contributed by atoms with Crippen molar-refractivity contribution in [2.45, 2.75) is 53.6 Å². The van der Waals surface area contributed by atoms with Crippen LogP contribution in [-0.4, -0.2) is 18.6 Å². The predicted molar refractivity (Wildman–Crippen MR) is 83.0 cm³/mol. The highest BCUT2D eigenvalue weighted by atomic mass is 16.5. The van der Waals surface area contributed by atoms with Crippen molar-refractivity contribution < 1.29 is 9.53 Å². The quantitative estimate of drug-likeness (QED) is 0.807. The molecular weight excluding hydrogens is 250 g/mol. The van der Waals surface area contributed by atoms with Gasteiger partial charge in [0.15, 0.2) is 0 Å². The minimum Gasteiger partial charge on any atom is -0.491 e. The molecule has 0 spiro atoms. The van der Waals surface area contributed by atoms with Crippen molar-refractivity contribution in [1.82, 2.24) is 5.32 Å². The van der Waals surface area contributed by atoms with Crippen LogP contribution >= 0.6 is 0 Å². The summed E-state index contributed by atoms with van der Waals surface area (Å²) in [5.41, 5.74) is 0.960. The molecule has 0 saturated carbocycles. The molecule has 0 unspecified atom stereocenters. The Balaban J connectivity index is 2.31. The van der Waals surface area contributed by atoms with Gasteiger partial charge in [0.05, 0.1) is 6.10 Å². The van der Waals surface area contributed by atoms with E-state index in [9.17, 15) is 4.79 Å². The zero-order valence-electron chi connectivity index (χ0n) is 13.3. The van der Waals surface area contributed by atoms with E-state index in [-0.39, 0.29) is 17.4 Å². The van der Waals surface area contributed by atoms with E-state index in [0.717, 1.165) is 25.1 Å². The molecule has 3 nitrogen and oxygen atoms in total. The first-order valence-corrected chi connectivity index (χ1v) is 7.33. The molecular formula is C17H27NO2. The van der Waals surface area contributed by atoms with Gasteiger partial charge in [-0.3, -0.25) is 4.79 Å². The highest BCUT2D eigenvalue weighted by Gasteiger charge is 2.20. The van der Waals surface area contributed by atoms with Crippen molar-refractivity contribution >= 4 is 5.91 Å². The second-order valence-electron chi connectivity index (χ2n) is 6.42. The Bertz CT molecular complexity index is 416. The lowest BCUT2D eigenvalue weighted by Gasteiger charge is -2.17. The van der Waals surface area contributed by atoms with E-state index in [2.05, 4.69) is 17.4 Å². The van der Waals surface area contributed by atoms with Crippen molar-refractivity contribution in [3.05, 3.63) is 29.8 Å². The molecule has 112 valence electrons. The van der Waals surface area contributed by atoms with Crippen LogP contribution in [0.5, 0.6) is 5.75 Å². The molecule has 0 aromatic heterocycles. The number of benzene rings is 1. The van der Waals surface area contributed by atoms with E-state index in [1.807, 2.05) is 46.8 Å². The van der Waals surface area contributed by atoms with E-state index < -0.39 is 0 Å². The molecule has 1 aromatic carbocycles. The van der Waals surface area contributed by atoms with Gasteiger partial charge in [-0.1, -0.05) is 32.9 Å². The zero-order valence-corrected chi connectivity index (χ0v) is 13.3. The highest BCUT2D eigenvalue weighted by Crippen LogP contribution is 2.15. The summed E-state index contributed by atoms with van der Waals surface area (Å²) in [5.74, 6) is 1.02. The van der Waals surface area contributed by atoms with E-state index in [1.54, 1.807) is 0 Å². The second-order valence-corrected chi connectivity index (χ2v) is 6.42. The monoisotopic (exact) mass is 277 g/mol. The molecule has 20 heavy (non-hydrogen) atoms. The molecule has 3 heteroatoms. The van der Waals surface area contributed by atoms with Crippen molar-refractivity contribution in [1.29, 1.82) is 0 Å². The van der Waals surface area contributed by atoms with Gasteiger partial charge in [0.1, 0.15) is 5.75 Å². The first kappa shape index (κ1) is 16.5. The molecule has 1 N–H and O–H groups in total. The minimum atomic E-state index is -0.310. The van der Waals surface area contributed by atoms with Crippen LogP contribution in [0.3, 0.4) is 0 Å². The Morgan fingerprint density at radius 3 is 2.30 bits per heavy atom. The smallest absolute Gasteiger partial charge is 0.225 e. The molecule has 0 aliphatic heterocycles. The summed E-state index contributed by atoms with van der Waals surface area (Å²) >= 11 is 0. The molecule has 0 aliphatic carbocycles. The Labute approximate surface area is 122 Å². The topological polar surface area (TPSA) is 38.3 Å². The van der Waals surface area contributed by atoms with Gasteiger partial charge in [-0.05, 0) is 44.4 Å². The lowest BCUT2D eigenvalue weighted by Crippen LogP contribution is -2.35.